The van der Waals surface area contributed by atoms with Gasteiger partial charge in [0.25, 0.3) is 0 Å². The van der Waals surface area contributed by atoms with E-state index in [1.54, 1.807) is 11.3 Å². The van der Waals surface area contributed by atoms with Crippen molar-refractivity contribution in [1.29, 1.82) is 0 Å². The number of hydrogen-bond donors (Lipinski definition) is 3. The topological polar surface area (TPSA) is 74.2 Å². The number of hydrogen-bond acceptors (Lipinski definition) is 4. The van der Waals surface area contributed by atoms with Crippen LogP contribution in [0.4, 0.5) is 4.79 Å². The van der Waals surface area contributed by atoms with Gasteiger partial charge in [-0.2, -0.15) is 0 Å². The van der Waals surface area contributed by atoms with Crippen molar-refractivity contribution in [2.45, 2.75) is 53.2 Å². The largest absolute Gasteiger partial charge is 0.391 e. The van der Waals surface area contributed by atoms with E-state index in [-0.39, 0.29) is 24.0 Å². The van der Waals surface area contributed by atoms with Gasteiger partial charge in [0, 0.05) is 11.9 Å². The van der Waals surface area contributed by atoms with Gasteiger partial charge in [-0.05, 0) is 18.8 Å². The van der Waals surface area contributed by atoms with Gasteiger partial charge >= 0.3 is 6.03 Å². The summed E-state index contributed by atoms with van der Waals surface area (Å²) >= 11 is 1.60. The third kappa shape index (κ3) is 5.09. The number of aromatic nitrogens is 1. The third-order valence-corrected chi connectivity index (χ3v) is 4.13. The summed E-state index contributed by atoms with van der Waals surface area (Å²) in [6, 6.07) is -0.426. The Morgan fingerprint density at radius 2 is 2.15 bits per heavy atom. The van der Waals surface area contributed by atoms with Gasteiger partial charge in [-0.1, -0.05) is 27.7 Å². The normalized spacial score (nSPS) is 14.7. The number of urea groups is 1. The molecule has 1 rings (SSSR count). The molecule has 114 valence electrons. The van der Waals surface area contributed by atoms with E-state index in [1.165, 1.54) is 0 Å². The van der Waals surface area contributed by atoms with Crippen molar-refractivity contribution < 1.29 is 9.90 Å². The molecule has 0 fully saturated rings. The Balaban J connectivity index is 2.42. The number of carbonyl (C=O) groups is 1. The van der Waals surface area contributed by atoms with E-state index in [2.05, 4.69) is 22.5 Å². The molecule has 6 heteroatoms. The number of nitrogens with one attached hydrogen (secondary N) is 2. The van der Waals surface area contributed by atoms with Gasteiger partial charge in [0.15, 0.2) is 0 Å². The number of nitrogens with zero attached hydrogens (tertiary/aromatic N) is 1. The van der Waals surface area contributed by atoms with Gasteiger partial charge in [-0.15, -0.1) is 11.3 Å². The van der Waals surface area contributed by atoms with Gasteiger partial charge in [0.1, 0.15) is 0 Å². The average Bonchev–Trinajstić information content (AvgIpc) is 2.83. The fourth-order valence-electron chi connectivity index (χ4n) is 1.50. The maximum atomic E-state index is 11.8. The van der Waals surface area contributed by atoms with Gasteiger partial charge in [0.05, 0.1) is 22.8 Å². The Labute approximate surface area is 124 Å². The second kappa shape index (κ2) is 7.04. The molecule has 0 aliphatic heterocycles. The van der Waals surface area contributed by atoms with Crippen LogP contribution in [0.15, 0.2) is 5.38 Å². The quantitative estimate of drug-likeness (QED) is 0.782. The van der Waals surface area contributed by atoms with Crippen molar-refractivity contribution in [1.82, 2.24) is 15.6 Å². The second-order valence-electron chi connectivity index (χ2n) is 5.98. The van der Waals surface area contributed by atoms with E-state index in [9.17, 15) is 9.90 Å². The Morgan fingerprint density at radius 1 is 1.50 bits per heavy atom. The van der Waals surface area contributed by atoms with Crippen molar-refractivity contribution in [3.8, 4) is 0 Å². The number of carbonyl (C=O) groups excluding carboxylic acids is 1. The highest BCUT2D eigenvalue weighted by atomic mass is 32.1. The molecule has 0 spiro atoms. The highest BCUT2D eigenvalue weighted by molar-refractivity contribution is 7.09. The highest BCUT2D eigenvalue weighted by Gasteiger charge is 2.22. The molecule has 2 atom stereocenters. The molecule has 1 aromatic heterocycles. The molecule has 0 saturated carbocycles. The minimum atomic E-state index is -0.575. The fourth-order valence-corrected chi connectivity index (χ4v) is 2.34. The van der Waals surface area contributed by atoms with Crippen molar-refractivity contribution in [3.05, 3.63) is 16.1 Å². The molecule has 3 N–H and O–H groups in total. The number of amides is 2. The molecule has 0 radical (unpaired) electrons. The standard InChI is InChI=1S/C14H25N3O2S/c1-6-12-17-10(8-20-12)9(2)16-13(19)15-7-11(18)14(3,4)5/h8-9,11,18H,6-7H2,1-5H3,(H2,15,16,19). The first kappa shape index (κ1) is 16.9. The van der Waals surface area contributed by atoms with Crippen LogP contribution in [0.25, 0.3) is 0 Å². The minimum absolute atomic E-state index is 0.140. The number of aliphatic hydroxyl groups excluding tert-OH is 1. The van der Waals surface area contributed by atoms with Crippen LogP contribution in [0, 0.1) is 5.41 Å². The lowest BCUT2D eigenvalue weighted by Crippen LogP contribution is -2.44. The number of thiazole rings is 1. The van der Waals surface area contributed by atoms with E-state index < -0.39 is 6.10 Å². The summed E-state index contributed by atoms with van der Waals surface area (Å²) < 4.78 is 0. The molecule has 2 unspecified atom stereocenters. The van der Waals surface area contributed by atoms with Gasteiger partial charge in [-0.3, -0.25) is 0 Å². The SMILES string of the molecule is CCc1nc(C(C)NC(=O)NCC(O)C(C)(C)C)cs1. The fraction of sp³-hybridized carbons (Fsp3) is 0.714. The van der Waals surface area contributed by atoms with E-state index in [1.807, 2.05) is 33.1 Å². The Hall–Kier alpha value is -1.14. The zero-order valence-electron chi connectivity index (χ0n) is 12.9. The van der Waals surface area contributed by atoms with E-state index in [0.29, 0.717) is 0 Å². The van der Waals surface area contributed by atoms with Gasteiger partial charge in [0.2, 0.25) is 0 Å². The van der Waals surface area contributed by atoms with E-state index >= 15 is 0 Å². The van der Waals surface area contributed by atoms with Crippen LogP contribution in [0.5, 0.6) is 0 Å². The van der Waals surface area contributed by atoms with Crippen molar-refractivity contribution >= 4 is 17.4 Å². The molecule has 1 aromatic rings. The molecular formula is C14H25N3O2S. The summed E-state index contributed by atoms with van der Waals surface area (Å²) in [5.41, 5.74) is 0.627. The van der Waals surface area contributed by atoms with Gasteiger partial charge in [-0.25, -0.2) is 9.78 Å². The Kier molecular flexibility index (Phi) is 5.95. The minimum Gasteiger partial charge on any atom is -0.391 e. The summed E-state index contributed by atoms with van der Waals surface area (Å²) in [5, 5.41) is 18.4. The summed E-state index contributed by atoms with van der Waals surface area (Å²) in [6.45, 7) is 9.99. The molecule has 0 bridgehead atoms. The van der Waals surface area contributed by atoms with Crippen LogP contribution in [0.2, 0.25) is 0 Å². The van der Waals surface area contributed by atoms with Crippen LogP contribution in [0.3, 0.4) is 0 Å². The number of rotatable bonds is 5. The van der Waals surface area contributed by atoms with Crippen LogP contribution in [0.1, 0.15) is 51.4 Å². The first-order valence-electron chi connectivity index (χ1n) is 6.90. The summed E-state index contributed by atoms with van der Waals surface area (Å²) in [6.07, 6.45) is 0.330. The molecular weight excluding hydrogens is 274 g/mol. The van der Waals surface area contributed by atoms with Crippen LogP contribution >= 0.6 is 11.3 Å². The molecule has 5 nitrogen and oxygen atoms in total. The first-order valence-corrected chi connectivity index (χ1v) is 7.78. The Bertz CT molecular complexity index is 440. The molecule has 20 heavy (non-hydrogen) atoms. The van der Waals surface area contributed by atoms with Crippen LogP contribution < -0.4 is 10.6 Å². The monoisotopic (exact) mass is 299 g/mol. The maximum Gasteiger partial charge on any atom is 0.315 e. The summed E-state index contributed by atoms with van der Waals surface area (Å²) in [5.74, 6) is 0. The lowest BCUT2D eigenvalue weighted by Gasteiger charge is -2.26. The second-order valence-corrected chi connectivity index (χ2v) is 6.92. The lowest BCUT2D eigenvalue weighted by molar-refractivity contribution is 0.0649. The van der Waals surface area contributed by atoms with Crippen molar-refractivity contribution in [2.75, 3.05) is 6.54 Å². The third-order valence-electron chi connectivity index (χ3n) is 3.12. The van der Waals surface area contributed by atoms with Crippen LogP contribution in [-0.4, -0.2) is 28.8 Å². The first-order chi connectivity index (χ1) is 9.24. The smallest absolute Gasteiger partial charge is 0.315 e. The summed E-state index contributed by atoms with van der Waals surface area (Å²) in [4.78, 5) is 16.2. The van der Waals surface area contributed by atoms with E-state index in [0.717, 1.165) is 17.1 Å². The summed E-state index contributed by atoms with van der Waals surface area (Å²) in [7, 11) is 0. The predicted octanol–water partition coefficient (Wildman–Crippen LogP) is 2.47. The number of aliphatic hydroxyl groups is 1. The average molecular weight is 299 g/mol. The molecule has 0 aliphatic rings. The molecule has 0 aromatic carbocycles. The highest BCUT2D eigenvalue weighted by Crippen LogP contribution is 2.18. The maximum absolute atomic E-state index is 11.8. The number of aryl methyl sites for hydroxylation is 1. The molecule has 0 saturated heterocycles. The lowest BCUT2D eigenvalue weighted by atomic mass is 9.89. The van der Waals surface area contributed by atoms with Crippen LogP contribution in [-0.2, 0) is 6.42 Å². The zero-order chi connectivity index (χ0) is 15.3. The molecule has 2 amide bonds. The molecule has 0 aliphatic carbocycles. The molecule has 1 heterocycles. The van der Waals surface area contributed by atoms with Gasteiger partial charge < -0.3 is 15.7 Å². The Morgan fingerprint density at radius 3 is 2.65 bits per heavy atom. The van der Waals surface area contributed by atoms with E-state index in [4.69, 9.17) is 0 Å². The zero-order valence-corrected chi connectivity index (χ0v) is 13.7. The predicted molar refractivity (Wildman–Crippen MR) is 81.9 cm³/mol. The van der Waals surface area contributed by atoms with Crippen molar-refractivity contribution in [2.24, 2.45) is 5.41 Å². The van der Waals surface area contributed by atoms with Crippen molar-refractivity contribution in [3.63, 3.8) is 0 Å².